The van der Waals surface area contributed by atoms with E-state index in [0.29, 0.717) is 5.92 Å². The van der Waals surface area contributed by atoms with Crippen LogP contribution in [0.3, 0.4) is 0 Å². The summed E-state index contributed by atoms with van der Waals surface area (Å²) in [5, 5.41) is 0. The Labute approximate surface area is 100 Å². The molecule has 0 heterocycles. The zero-order valence-corrected chi connectivity index (χ0v) is 10.4. The van der Waals surface area contributed by atoms with Crippen molar-refractivity contribution in [3.05, 3.63) is 41.8 Å². The van der Waals surface area contributed by atoms with Gasteiger partial charge in [-0.05, 0) is 49.2 Å². The Hall–Kier alpha value is -1.22. The second-order valence-corrected chi connectivity index (χ2v) is 4.43. The highest BCUT2D eigenvalue weighted by Crippen LogP contribution is 2.19. The van der Waals surface area contributed by atoms with E-state index in [4.69, 9.17) is 6.42 Å². The number of aryl methyl sites for hydroxylation is 1. The van der Waals surface area contributed by atoms with Gasteiger partial charge in [-0.1, -0.05) is 44.0 Å². The van der Waals surface area contributed by atoms with Crippen LogP contribution in [0, 0.1) is 12.3 Å². The molecule has 0 bridgehead atoms. The summed E-state index contributed by atoms with van der Waals surface area (Å²) in [5.74, 6) is 3.10. The Kier molecular flexibility index (Phi) is 5.72. The Morgan fingerprint density at radius 1 is 1.19 bits per heavy atom. The molecule has 0 N–H and O–H groups in total. The van der Waals surface area contributed by atoms with E-state index in [0.717, 1.165) is 25.7 Å². The maximum Gasteiger partial charge on any atom is 0.00990 e. The molecule has 0 saturated carbocycles. The molecule has 1 atom stereocenters. The molecule has 0 aliphatic carbocycles. The summed E-state index contributed by atoms with van der Waals surface area (Å²) in [4.78, 5) is 0. The molecule has 0 aliphatic rings. The van der Waals surface area contributed by atoms with Crippen LogP contribution in [-0.4, -0.2) is 0 Å². The first-order valence-electron chi connectivity index (χ1n) is 6.26. The molecule has 0 amide bonds. The average Bonchev–Trinajstić information content (AvgIpc) is 2.34. The zero-order valence-electron chi connectivity index (χ0n) is 10.4. The third-order valence-electron chi connectivity index (χ3n) is 3.18. The molecular formula is C16H21. The lowest BCUT2D eigenvalue weighted by Crippen LogP contribution is -1.92. The maximum atomic E-state index is 6.83. The van der Waals surface area contributed by atoms with Gasteiger partial charge in [0.25, 0.3) is 0 Å². The molecule has 0 spiro atoms. The SMILES string of the molecule is [C]#CCCCCc1ccc(C(C)CC)cc1. The standard InChI is InChI=1S/C16H21/c1-4-6-7-8-9-15-10-12-16(13-11-15)14(3)5-2/h10-14H,5-9H2,2-3H3. The van der Waals surface area contributed by atoms with Crippen LogP contribution in [0.25, 0.3) is 0 Å². The van der Waals surface area contributed by atoms with Crippen LogP contribution in [-0.2, 0) is 6.42 Å². The lowest BCUT2D eigenvalue weighted by molar-refractivity contribution is 0.730. The molecule has 0 heteroatoms. The molecule has 0 fully saturated rings. The summed E-state index contributed by atoms with van der Waals surface area (Å²) in [5.41, 5.74) is 2.86. The minimum absolute atomic E-state index is 0.668. The van der Waals surface area contributed by atoms with Crippen molar-refractivity contribution >= 4 is 0 Å². The fraction of sp³-hybridized carbons (Fsp3) is 0.500. The number of hydrogen-bond acceptors (Lipinski definition) is 0. The minimum atomic E-state index is 0.668. The maximum absolute atomic E-state index is 6.83. The quantitative estimate of drug-likeness (QED) is 0.482. The van der Waals surface area contributed by atoms with Gasteiger partial charge in [-0.2, -0.15) is 0 Å². The summed E-state index contributed by atoms with van der Waals surface area (Å²) in [6.07, 6.45) is 12.2. The van der Waals surface area contributed by atoms with Crippen LogP contribution in [0.5, 0.6) is 0 Å². The van der Waals surface area contributed by atoms with Gasteiger partial charge >= 0.3 is 0 Å². The van der Waals surface area contributed by atoms with Crippen molar-refractivity contribution in [1.82, 2.24) is 0 Å². The van der Waals surface area contributed by atoms with Crippen LogP contribution in [0.4, 0.5) is 0 Å². The summed E-state index contributed by atoms with van der Waals surface area (Å²) in [6, 6.07) is 9.00. The zero-order chi connectivity index (χ0) is 11.8. The first-order chi connectivity index (χ1) is 7.77. The van der Waals surface area contributed by atoms with Crippen LogP contribution < -0.4 is 0 Å². The van der Waals surface area contributed by atoms with E-state index in [9.17, 15) is 0 Å². The third-order valence-corrected chi connectivity index (χ3v) is 3.18. The van der Waals surface area contributed by atoms with Crippen LogP contribution >= 0.6 is 0 Å². The topological polar surface area (TPSA) is 0 Å². The molecule has 0 aliphatic heterocycles. The van der Waals surface area contributed by atoms with Crippen molar-refractivity contribution in [3.63, 3.8) is 0 Å². The molecule has 16 heavy (non-hydrogen) atoms. The summed E-state index contributed by atoms with van der Waals surface area (Å²) < 4.78 is 0. The average molecular weight is 213 g/mol. The van der Waals surface area contributed by atoms with Gasteiger partial charge in [0.2, 0.25) is 0 Å². The number of hydrogen-bond donors (Lipinski definition) is 0. The van der Waals surface area contributed by atoms with E-state index in [1.165, 1.54) is 17.5 Å². The van der Waals surface area contributed by atoms with Crippen molar-refractivity contribution < 1.29 is 0 Å². The summed E-state index contributed by atoms with van der Waals surface area (Å²) in [6.45, 7) is 4.50. The molecule has 1 radical (unpaired) electrons. The van der Waals surface area contributed by atoms with Crippen molar-refractivity contribution in [1.29, 1.82) is 0 Å². The second kappa shape index (κ2) is 7.12. The van der Waals surface area contributed by atoms with Crippen molar-refractivity contribution in [2.24, 2.45) is 0 Å². The van der Waals surface area contributed by atoms with Crippen molar-refractivity contribution in [2.75, 3.05) is 0 Å². The molecule has 0 nitrogen and oxygen atoms in total. The molecule has 0 saturated heterocycles. The van der Waals surface area contributed by atoms with E-state index >= 15 is 0 Å². The van der Waals surface area contributed by atoms with Gasteiger partial charge in [-0.15, -0.1) is 0 Å². The lowest BCUT2D eigenvalue weighted by Gasteiger charge is -2.09. The normalized spacial score (nSPS) is 12.1. The van der Waals surface area contributed by atoms with E-state index in [-0.39, 0.29) is 0 Å². The monoisotopic (exact) mass is 213 g/mol. The third kappa shape index (κ3) is 4.11. The fourth-order valence-electron chi connectivity index (χ4n) is 1.79. The predicted molar refractivity (Wildman–Crippen MR) is 69.8 cm³/mol. The van der Waals surface area contributed by atoms with Gasteiger partial charge in [0, 0.05) is 6.42 Å². The highest BCUT2D eigenvalue weighted by Gasteiger charge is 2.01. The van der Waals surface area contributed by atoms with Gasteiger partial charge < -0.3 is 0 Å². The van der Waals surface area contributed by atoms with Gasteiger partial charge in [0.1, 0.15) is 0 Å². The van der Waals surface area contributed by atoms with Crippen molar-refractivity contribution in [2.45, 2.75) is 51.9 Å². The minimum Gasteiger partial charge on any atom is -0.0891 e. The Morgan fingerprint density at radius 3 is 2.44 bits per heavy atom. The Balaban J connectivity index is 2.43. The fourth-order valence-corrected chi connectivity index (χ4v) is 1.79. The highest BCUT2D eigenvalue weighted by atomic mass is 14.1. The first-order valence-corrected chi connectivity index (χ1v) is 6.26. The van der Waals surface area contributed by atoms with Crippen LogP contribution in [0.15, 0.2) is 24.3 Å². The summed E-state index contributed by atoms with van der Waals surface area (Å²) >= 11 is 0. The highest BCUT2D eigenvalue weighted by molar-refractivity contribution is 5.25. The molecule has 1 aromatic rings. The Bertz CT molecular complexity index is 326. The molecular weight excluding hydrogens is 192 g/mol. The predicted octanol–water partition coefficient (Wildman–Crippen LogP) is 4.50. The molecule has 0 aromatic heterocycles. The molecule has 1 aromatic carbocycles. The van der Waals surface area contributed by atoms with E-state index in [2.05, 4.69) is 44.0 Å². The van der Waals surface area contributed by atoms with Gasteiger partial charge in [-0.25, -0.2) is 0 Å². The largest absolute Gasteiger partial charge is 0.0891 e. The van der Waals surface area contributed by atoms with Gasteiger partial charge in [0.15, 0.2) is 0 Å². The Morgan fingerprint density at radius 2 is 1.88 bits per heavy atom. The second-order valence-electron chi connectivity index (χ2n) is 4.43. The molecule has 85 valence electrons. The van der Waals surface area contributed by atoms with Crippen molar-refractivity contribution in [3.8, 4) is 5.92 Å². The summed E-state index contributed by atoms with van der Waals surface area (Å²) in [7, 11) is 0. The number of rotatable bonds is 6. The smallest absolute Gasteiger partial charge is 0.00990 e. The first kappa shape index (κ1) is 12.8. The van der Waals surface area contributed by atoms with Crippen LogP contribution in [0.1, 0.15) is 56.6 Å². The lowest BCUT2D eigenvalue weighted by atomic mass is 9.96. The number of unbranched alkanes of at least 4 members (excludes halogenated alkanes) is 2. The van der Waals surface area contributed by atoms with E-state index in [1.807, 2.05) is 0 Å². The van der Waals surface area contributed by atoms with E-state index in [1.54, 1.807) is 0 Å². The van der Waals surface area contributed by atoms with Gasteiger partial charge in [0.05, 0.1) is 0 Å². The number of benzene rings is 1. The van der Waals surface area contributed by atoms with Crippen LogP contribution in [0.2, 0.25) is 0 Å². The molecule has 1 unspecified atom stereocenters. The van der Waals surface area contributed by atoms with E-state index < -0.39 is 0 Å². The molecule has 1 rings (SSSR count). The van der Waals surface area contributed by atoms with Gasteiger partial charge in [-0.3, -0.25) is 0 Å².